The molecule has 0 fully saturated rings. The van der Waals surface area contributed by atoms with E-state index < -0.39 is 0 Å². The molecule has 0 spiro atoms. The minimum Gasteiger partial charge on any atom is -0.496 e. The summed E-state index contributed by atoms with van der Waals surface area (Å²) >= 11 is 0. The van der Waals surface area contributed by atoms with Crippen LogP contribution in [0.15, 0.2) is 18.3 Å². The zero-order chi connectivity index (χ0) is 14.0. The van der Waals surface area contributed by atoms with Gasteiger partial charge in [-0.3, -0.25) is 4.68 Å². The van der Waals surface area contributed by atoms with Crippen molar-refractivity contribution in [2.24, 2.45) is 12.8 Å². The second-order valence-electron chi connectivity index (χ2n) is 4.77. The number of nitrogens with zero attached hydrogens (tertiary/aromatic N) is 2. The lowest BCUT2D eigenvalue weighted by molar-refractivity contribution is 0.411. The van der Waals surface area contributed by atoms with Crippen LogP contribution in [0.1, 0.15) is 16.8 Å². The lowest BCUT2D eigenvalue weighted by atomic mass is 9.96. The smallest absolute Gasteiger partial charge is 0.122 e. The van der Waals surface area contributed by atoms with E-state index in [0.717, 1.165) is 23.4 Å². The Bertz CT molecular complexity index is 587. The average Bonchev–Trinajstić information content (AvgIpc) is 2.74. The number of rotatable bonds is 4. The third-order valence-corrected chi connectivity index (χ3v) is 3.53. The predicted molar refractivity (Wildman–Crippen MR) is 77.4 cm³/mol. The predicted octanol–water partition coefficient (Wildman–Crippen LogP) is 2.21. The Kier molecular flexibility index (Phi) is 3.90. The summed E-state index contributed by atoms with van der Waals surface area (Å²) in [6, 6.07) is 4.11. The van der Waals surface area contributed by atoms with Crippen LogP contribution in [-0.4, -0.2) is 23.4 Å². The molecule has 0 unspecified atom stereocenters. The van der Waals surface area contributed by atoms with E-state index in [9.17, 15) is 0 Å². The number of nitrogens with two attached hydrogens (primary N) is 1. The van der Waals surface area contributed by atoms with Crippen LogP contribution < -0.4 is 10.5 Å². The van der Waals surface area contributed by atoms with E-state index in [4.69, 9.17) is 10.5 Å². The molecule has 102 valence electrons. The van der Waals surface area contributed by atoms with Crippen LogP contribution in [0.25, 0.3) is 11.1 Å². The summed E-state index contributed by atoms with van der Waals surface area (Å²) in [5, 5.41) is 4.50. The molecule has 1 aromatic heterocycles. The summed E-state index contributed by atoms with van der Waals surface area (Å²) in [4.78, 5) is 0. The van der Waals surface area contributed by atoms with Crippen molar-refractivity contribution in [1.82, 2.24) is 9.78 Å². The normalized spacial score (nSPS) is 10.8. The maximum absolute atomic E-state index is 5.66. The van der Waals surface area contributed by atoms with Crippen molar-refractivity contribution >= 4 is 0 Å². The number of benzene rings is 1. The molecular weight excluding hydrogens is 238 g/mol. The van der Waals surface area contributed by atoms with Gasteiger partial charge in [-0.2, -0.15) is 5.10 Å². The fourth-order valence-electron chi connectivity index (χ4n) is 2.39. The van der Waals surface area contributed by atoms with Crippen molar-refractivity contribution in [3.8, 4) is 16.9 Å². The monoisotopic (exact) mass is 259 g/mol. The largest absolute Gasteiger partial charge is 0.496 e. The Hall–Kier alpha value is -1.81. The molecule has 0 radical (unpaired) electrons. The van der Waals surface area contributed by atoms with E-state index in [1.165, 1.54) is 16.7 Å². The number of ether oxygens (including phenoxy) is 1. The van der Waals surface area contributed by atoms with Gasteiger partial charge in [0.1, 0.15) is 5.75 Å². The molecule has 0 bridgehead atoms. The Morgan fingerprint density at radius 1 is 1.21 bits per heavy atom. The Morgan fingerprint density at radius 3 is 2.58 bits per heavy atom. The SMILES string of the molecule is COc1ccc(-c2cn(C)nc2CCN)c(C)c1C. The fourth-order valence-corrected chi connectivity index (χ4v) is 2.39. The van der Waals surface area contributed by atoms with Crippen molar-refractivity contribution in [2.45, 2.75) is 20.3 Å². The van der Waals surface area contributed by atoms with Gasteiger partial charge in [0.05, 0.1) is 12.8 Å². The minimum absolute atomic E-state index is 0.609. The number of aryl methyl sites for hydroxylation is 1. The van der Waals surface area contributed by atoms with Crippen molar-refractivity contribution in [2.75, 3.05) is 13.7 Å². The van der Waals surface area contributed by atoms with Gasteiger partial charge >= 0.3 is 0 Å². The number of methoxy groups -OCH3 is 1. The van der Waals surface area contributed by atoms with E-state index in [1.54, 1.807) is 7.11 Å². The van der Waals surface area contributed by atoms with Crippen molar-refractivity contribution < 1.29 is 4.74 Å². The molecule has 0 aliphatic carbocycles. The summed E-state index contributed by atoms with van der Waals surface area (Å²) in [6.07, 6.45) is 2.85. The quantitative estimate of drug-likeness (QED) is 0.916. The molecular formula is C15H21N3O. The summed E-state index contributed by atoms with van der Waals surface area (Å²) in [7, 11) is 3.64. The molecule has 0 saturated carbocycles. The molecule has 0 amide bonds. The van der Waals surface area contributed by atoms with E-state index in [0.29, 0.717) is 6.54 Å². The summed E-state index contributed by atoms with van der Waals surface area (Å²) in [6.45, 7) is 4.81. The first kappa shape index (κ1) is 13.6. The van der Waals surface area contributed by atoms with Crippen LogP contribution in [0.5, 0.6) is 5.75 Å². The maximum Gasteiger partial charge on any atom is 0.122 e. The first-order chi connectivity index (χ1) is 9.08. The second kappa shape index (κ2) is 5.45. The fraction of sp³-hybridized carbons (Fsp3) is 0.400. The van der Waals surface area contributed by atoms with E-state index in [-0.39, 0.29) is 0 Å². The highest BCUT2D eigenvalue weighted by atomic mass is 16.5. The van der Waals surface area contributed by atoms with Crippen LogP contribution >= 0.6 is 0 Å². The van der Waals surface area contributed by atoms with Gasteiger partial charge in [0.2, 0.25) is 0 Å². The van der Waals surface area contributed by atoms with Gasteiger partial charge in [0.25, 0.3) is 0 Å². The lowest BCUT2D eigenvalue weighted by Gasteiger charge is -2.12. The zero-order valence-corrected chi connectivity index (χ0v) is 12.0. The highest BCUT2D eigenvalue weighted by Gasteiger charge is 2.14. The van der Waals surface area contributed by atoms with Gasteiger partial charge in [-0.1, -0.05) is 6.07 Å². The molecule has 2 N–H and O–H groups in total. The Labute approximate surface area is 114 Å². The van der Waals surface area contributed by atoms with Gasteiger partial charge in [-0.05, 0) is 43.1 Å². The van der Waals surface area contributed by atoms with Crippen LogP contribution in [0.2, 0.25) is 0 Å². The van der Waals surface area contributed by atoms with Crippen LogP contribution in [0, 0.1) is 13.8 Å². The van der Waals surface area contributed by atoms with Gasteiger partial charge in [-0.15, -0.1) is 0 Å². The first-order valence-corrected chi connectivity index (χ1v) is 6.45. The second-order valence-corrected chi connectivity index (χ2v) is 4.77. The minimum atomic E-state index is 0.609. The van der Waals surface area contributed by atoms with Crippen molar-refractivity contribution in [1.29, 1.82) is 0 Å². The molecule has 4 nitrogen and oxygen atoms in total. The molecule has 1 heterocycles. The van der Waals surface area contributed by atoms with Gasteiger partial charge in [0, 0.05) is 25.2 Å². The standard InChI is InChI=1S/C15H21N3O/c1-10-11(2)15(19-4)6-5-12(10)13-9-18(3)17-14(13)7-8-16/h5-6,9H,7-8,16H2,1-4H3. The van der Waals surface area contributed by atoms with Crippen molar-refractivity contribution in [3.63, 3.8) is 0 Å². The highest BCUT2D eigenvalue weighted by molar-refractivity contribution is 5.71. The molecule has 0 atom stereocenters. The van der Waals surface area contributed by atoms with E-state index in [1.807, 2.05) is 17.8 Å². The molecule has 0 aliphatic rings. The van der Waals surface area contributed by atoms with Gasteiger partial charge < -0.3 is 10.5 Å². The average molecular weight is 259 g/mol. The molecule has 0 saturated heterocycles. The van der Waals surface area contributed by atoms with Gasteiger partial charge in [0.15, 0.2) is 0 Å². The molecule has 2 aromatic rings. The molecule has 1 aromatic carbocycles. The van der Waals surface area contributed by atoms with Crippen LogP contribution in [-0.2, 0) is 13.5 Å². The zero-order valence-electron chi connectivity index (χ0n) is 12.0. The van der Waals surface area contributed by atoms with Gasteiger partial charge in [-0.25, -0.2) is 0 Å². The Morgan fingerprint density at radius 2 is 1.95 bits per heavy atom. The molecule has 19 heavy (non-hydrogen) atoms. The summed E-state index contributed by atoms with van der Waals surface area (Å²) in [5.41, 5.74) is 11.5. The summed E-state index contributed by atoms with van der Waals surface area (Å²) < 4.78 is 7.21. The highest BCUT2D eigenvalue weighted by Crippen LogP contribution is 2.32. The molecule has 0 aliphatic heterocycles. The first-order valence-electron chi connectivity index (χ1n) is 6.45. The third-order valence-electron chi connectivity index (χ3n) is 3.53. The van der Waals surface area contributed by atoms with E-state index >= 15 is 0 Å². The van der Waals surface area contributed by atoms with Crippen LogP contribution in [0.4, 0.5) is 0 Å². The van der Waals surface area contributed by atoms with Crippen LogP contribution in [0.3, 0.4) is 0 Å². The number of hydrogen-bond donors (Lipinski definition) is 1. The third kappa shape index (κ3) is 2.49. The Balaban J connectivity index is 2.56. The number of hydrogen-bond acceptors (Lipinski definition) is 3. The topological polar surface area (TPSA) is 53.1 Å². The molecule has 4 heteroatoms. The lowest BCUT2D eigenvalue weighted by Crippen LogP contribution is -2.05. The number of aromatic nitrogens is 2. The van der Waals surface area contributed by atoms with E-state index in [2.05, 4.69) is 31.2 Å². The molecule has 2 rings (SSSR count). The maximum atomic E-state index is 5.66. The summed E-state index contributed by atoms with van der Waals surface area (Å²) in [5.74, 6) is 0.922. The van der Waals surface area contributed by atoms with Crippen molar-refractivity contribution in [3.05, 3.63) is 35.2 Å².